The Kier molecular flexibility index (Phi) is 9.14. The van der Waals surface area contributed by atoms with Gasteiger partial charge in [0.1, 0.15) is 0 Å². The van der Waals surface area contributed by atoms with Crippen molar-refractivity contribution >= 4 is 17.5 Å². The van der Waals surface area contributed by atoms with Crippen LogP contribution in [0.2, 0.25) is 0 Å². The van der Waals surface area contributed by atoms with E-state index >= 15 is 0 Å². The van der Waals surface area contributed by atoms with Crippen LogP contribution in [-0.4, -0.2) is 5.91 Å². The quantitative estimate of drug-likeness (QED) is 0.488. The molecule has 1 aromatic carbocycles. The summed E-state index contributed by atoms with van der Waals surface area (Å²) >= 11 is 5.74. The van der Waals surface area contributed by atoms with Gasteiger partial charge >= 0.3 is 0 Å². The first-order valence-electron chi connectivity index (χ1n) is 7.66. The van der Waals surface area contributed by atoms with Crippen molar-refractivity contribution in [3.8, 4) is 0 Å². The molecule has 1 N–H and O–H groups in total. The van der Waals surface area contributed by atoms with E-state index in [1.807, 2.05) is 24.3 Å². The van der Waals surface area contributed by atoms with Crippen LogP contribution in [-0.2, 0) is 17.2 Å². The Balaban J connectivity index is 2.10. The van der Waals surface area contributed by atoms with Crippen LogP contribution in [0, 0.1) is 0 Å². The molecule has 1 amide bonds. The Hall–Kier alpha value is -1.02. The summed E-state index contributed by atoms with van der Waals surface area (Å²) in [5, 5.41) is 2.97. The van der Waals surface area contributed by atoms with E-state index in [1.165, 1.54) is 25.7 Å². The lowest BCUT2D eigenvalue weighted by Gasteiger charge is -2.06. The van der Waals surface area contributed by atoms with Gasteiger partial charge in [-0.05, 0) is 17.5 Å². The number of hydrogen-bond donors (Lipinski definition) is 1. The topological polar surface area (TPSA) is 29.1 Å². The summed E-state index contributed by atoms with van der Waals surface area (Å²) in [6, 6.07) is 8.04. The molecule has 1 aromatic rings. The summed E-state index contributed by atoms with van der Waals surface area (Å²) in [7, 11) is 0. The lowest BCUT2D eigenvalue weighted by Crippen LogP contribution is -2.22. The van der Waals surface area contributed by atoms with E-state index in [9.17, 15) is 4.79 Å². The summed E-state index contributed by atoms with van der Waals surface area (Å²) in [5.74, 6) is 0.687. The van der Waals surface area contributed by atoms with Crippen molar-refractivity contribution in [2.45, 2.75) is 64.3 Å². The molecule has 0 aliphatic carbocycles. The SMILES string of the molecule is CCCCCCCCC(=O)NCc1ccc(CCl)cc1. The molecular formula is C17H26ClNO. The highest BCUT2D eigenvalue weighted by atomic mass is 35.5. The van der Waals surface area contributed by atoms with Crippen LogP contribution in [0.1, 0.15) is 63.0 Å². The third kappa shape index (κ3) is 7.54. The number of carbonyl (C=O) groups excluding carboxylic acids is 1. The molecule has 0 heterocycles. The molecule has 0 aromatic heterocycles. The molecule has 20 heavy (non-hydrogen) atoms. The second-order valence-corrected chi connectivity index (χ2v) is 5.51. The highest BCUT2D eigenvalue weighted by molar-refractivity contribution is 6.17. The lowest BCUT2D eigenvalue weighted by molar-refractivity contribution is -0.121. The van der Waals surface area contributed by atoms with Gasteiger partial charge in [0, 0.05) is 18.8 Å². The van der Waals surface area contributed by atoms with Gasteiger partial charge in [-0.3, -0.25) is 4.79 Å². The van der Waals surface area contributed by atoms with Crippen LogP contribution in [0.3, 0.4) is 0 Å². The van der Waals surface area contributed by atoms with Crippen LogP contribution in [0.15, 0.2) is 24.3 Å². The Labute approximate surface area is 127 Å². The minimum Gasteiger partial charge on any atom is -0.352 e. The largest absolute Gasteiger partial charge is 0.352 e. The van der Waals surface area contributed by atoms with Gasteiger partial charge in [0.2, 0.25) is 5.91 Å². The molecule has 112 valence electrons. The van der Waals surface area contributed by atoms with Crippen LogP contribution in [0.5, 0.6) is 0 Å². The monoisotopic (exact) mass is 295 g/mol. The highest BCUT2D eigenvalue weighted by Gasteiger charge is 2.01. The Morgan fingerprint density at radius 2 is 1.60 bits per heavy atom. The first-order chi connectivity index (χ1) is 9.76. The van der Waals surface area contributed by atoms with E-state index in [2.05, 4.69) is 12.2 Å². The van der Waals surface area contributed by atoms with E-state index in [0.29, 0.717) is 18.8 Å². The zero-order chi connectivity index (χ0) is 14.6. The van der Waals surface area contributed by atoms with Crippen LogP contribution < -0.4 is 5.32 Å². The highest BCUT2D eigenvalue weighted by Crippen LogP contribution is 2.08. The molecule has 0 aliphatic heterocycles. The van der Waals surface area contributed by atoms with E-state index < -0.39 is 0 Å². The third-order valence-corrected chi connectivity index (χ3v) is 3.73. The number of hydrogen-bond acceptors (Lipinski definition) is 1. The van der Waals surface area contributed by atoms with Gasteiger partial charge in [-0.1, -0.05) is 63.3 Å². The van der Waals surface area contributed by atoms with Gasteiger partial charge in [0.25, 0.3) is 0 Å². The van der Waals surface area contributed by atoms with Crippen molar-refractivity contribution in [1.29, 1.82) is 0 Å². The average Bonchev–Trinajstić information content (AvgIpc) is 2.49. The lowest BCUT2D eigenvalue weighted by atomic mass is 10.1. The molecule has 1 rings (SSSR count). The van der Waals surface area contributed by atoms with Gasteiger partial charge in [0.15, 0.2) is 0 Å². The van der Waals surface area contributed by atoms with Crippen LogP contribution >= 0.6 is 11.6 Å². The maximum atomic E-state index is 11.7. The zero-order valence-corrected chi connectivity index (χ0v) is 13.2. The summed E-state index contributed by atoms with van der Waals surface area (Å²) in [4.78, 5) is 11.7. The standard InChI is InChI=1S/C17H26ClNO/c1-2-3-4-5-6-7-8-17(20)19-14-16-11-9-15(13-18)10-12-16/h9-12H,2-8,13-14H2,1H3,(H,19,20). The average molecular weight is 296 g/mol. The molecule has 0 radical (unpaired) electrons. The Morgan fingerprint density at radius 1 is 1.00 bits per heavy atom. The minimum absolute atomic E-state index is 0.155. The predicted octanol–water partition coefficient (Wildman–Crippen LogP) is 4.79. The predicted molar refractivity (Wildman–Crippen MR) is 85.8 cm³/mol. The summed E-state index contributed by atoms with van der Waals surface area (Å²) in [6.07, 6.45) is 7.93. The van der Waals surface area contributed by atoms with Gasteiger partial charge in [-0.2, -0.15) is 0 Å². The first-order valence-corrected chi connectivity index (χ1v) is 8.20. The Morgan fingerprint density at radius 3 is 2.25 bits per heavy atom. The fourth-order valence-corrected chi connectivity index (χ4v) is 2.28. The maximum absolute atomic E-state index is 11.7. The van der Waals surface area contributed by atoms with Crippen molar-refractivity contribution in [3.05, 3.63) is 35.4 Å². The second-order valence-electron chi connectivity index (χ2n) is 5.24. The number of alkyl halides is 1. The number of unbranched alkanes of at least 4 members (excludes halogenated alkanes) is 5. The number of rotatable bonds is 10. The molecule has 2 nitrogen and oxygen atoms in total. The fraction of sp³-hybridized carbons (Fsp3) is 0.588. The van der Waals surface area contributed by atoms with Crippen molar-refractivity contribution in [2.75, 3.05) is 0 Å². The van der Waals surface area contributed by atoms with Crippen molar-refractivity contribution in [3.63, 3.8) is 0 Å². The van der Waals surface area contributed by atoms with Crippen LogP contribution in [0.25, 0.3) is 0 Å². The molecule has 3 heteroatoms. The van der Waals surface area contributed by atoms with Gasteiger partial charge in [-0.15, -0.1) is 11.6 Å². The smallest absolute Gasteiger partial charge is 0.220 e. The first kappa shape index (κ1) is 17.0. The van der Waals surface area contributed by atoms with Gasteiger partial charge < -0.3 is 5.32 Å². The normalized spacial score (nSPS) is 10.5. The zero-order valence-electron chi connectivity index (χ0n) is 12.5. The van der Waals surface area contributed by atoms with Gasteiger partial charge in [-0.25, -0.2) is 0 Å². The minimum atomic E-state index is 0.155. The van der Waals surface area contributed by atoms with E-state index in [1.54, 1.807) is 0 Å². The number of carbonyl (C=O) groups is 1. The maximum Gasteiger partial charge on any atom is 0.220 e. The van der Waals surface area contributed by atoms with Crippen molar-refractivity contribution < 1.29 is 4.79 Å². The molecule has 0 fully saturated rings. The molecule has 0 saturated heterocycles. The molecule has 0 aliphatic rings. The molecular weight excluding hydrogens is 270 g/mol. The van der Waals surface area contributed by atoms with E-state index in [0.717, 1.165) is 24.0 Å². The summed E-state index contributed by atoms with van der Waals surface area (Å²) in [5.41, 5.74) is 2.23. The number of halogens is 1. The fourth-order valence-electron chi connectivity index (χ4n) is 2.10. The molecule has 0 atom stereocenters. The van der Waals surface area contributed by atoms with Crippen molar-refractivity contribution in [1.82, 2.24) is 5.32 Å². The summed E-state index contributed by atoms with van der Waals surface area (Å²) < 4.78 is 0. The summed E-state index contributed by atoms with van der Waals surface area (Å²) in [6.45, 7) is 2.82. The van der Waals surface area contributed by atoms with Crippen molar-refractivity contribution in [2.24, 2.45) is 0 Å². The molecule has 0 bridgehead atoms. The molecule has 0 unspecified atom stereocenters. The second kappa shape index (κ2) is 10.7. The van der Waals surface area contributed by atoms with Gasteiger partial charge in [0.05, 0.1) is 0 Å². The number of benzene rings is 1. The number of amides is 1. The van der Waals surface area contributed by atoms with E-state index in [4.69, 9.17) is 11.6 Å². The molecule has 0 saturated carbocycles. The van der Waals surface area contributed by atoms with Crippen LogP contribution in [0.4, 0.5) is 0 Å². The third-order valence-electron chi connectivity index (χ3n) is 3.42. The van der Waals surface area contributed by atoms with E-state index in [-0.39, 0.29) is 5.91 Å². The Bertz CT molecular complexity index is 375. The molecule has 0 spiro atoms. The number of nitrogens with one attached hydrogen (secondary N) is 1.